The van der Waals surface area contributed by atoms with E-state index in [0.717, 1.165) is 27.1 Å². The normalized spacial score (nSPS) is 15.0. The molecule has 6 heteroatoms. The monoisotopic (exact) mass is 283 g/mol. The van der Waals surface area contributed by atoms with E-state index in [4.69, 9.17) is 4.74 Å². The van der Waals surface area contributed by atoms with Crippen molar-refractivity contribution in [1.29, 1.82) is 0 Å². The van der Waals surface area contributed by atoms with Gasteiger partial charge < -0.3 is 4.74 Å². The molecule has 0 spiro atoms. The predicted molar refractivity (Wildman–Crippen MR) is 78.3 cm³/mol. The van der Waals surface area contributed by atoms with Gasteiger partial charge in [-0.1, -0.05) is 18.2 Å². The molecule has 0 saturated carbocycles. The number of fused-ring (bicyclic) bond motifs is 1. The molecule has 0 aromatic heterocycles. The van der Waals surface area contributed by atoms with Crippen LogP contribution >= 0.6 is 0 Å². The Kier molecular flexibility index (Phi) is 3.27. The van der Waals surface area contributed by atoms with Crippen LogP contribution in [0.1, 0.15) is 5.56 Å². The number of imide groups is 1. The van der Waals surface area contributed by atoms with Gasteiger partial charge in [-0.25, -0.2) is 9.80 Å². The Morgan fingerprint density at radius 1 is 1.19 bits per heavy atom. The first-order valence-corrected chi connectivity index (χ1v) is 6.39. The van der Waals surface area contributed by atoms with E-state index in [0.29, 0.717) is 0 Å². The van der Waals surface area contributed by atoms with Crippen LogP contribution in [-0.4, -0.2) is 36.8 Å². The van der Waals surface area contributed by atoms with Crippen LogP contribution in [0.25, 0.3) is 10.8 Å². The Bertz CT molecular complexity index is 755. The zero-order valence-corrected chi connectivity index (χ0v) is 11.4. The van der Waals surface area contributed by atoms with Gasteiger partial charge in [-0.2, -0.15) is 5.10 Å². The summed E-state index contributed by atoms with van der Waals surface area (Å²) in [6.07, 6.45) is 1.56. The molecule has 0 atom stereocenters. The lowest BCUT2D eigenvalue weighted by molar-refractivity contribution is -0.118. The highest BCUT2D eigenvalue weighted by Crippen LogP contribution is 2.21. The summed E-state index contributed by atoms with van der Waals surface area (Å²) in [4.78, 5) is 22.4. The van der Waals surface area contributed by atoms with E-state index in [9.17, 15) is 9.59 Å². The molecule has 1 N–H and O–H groups in total. The van der Waals surface area contributed by atoms with Crippen molar-refractivity contribution >= 4 is 28.9 Å². The molecule has 0 aliphatic carbocycles. The fraction of sp³-hybridized carbons (Fsp3) is 0.133. The fourth-order valence-corrected chi connectivity index (χ4v) is 2.11. The molecule has 21 heavy (non-hydrogen) atoms. The van der Waals surface area contributed by atoms with Crippen LogP contribution < -0.4 is 10.1 Å². The molecular formula is C15H13N3O3. The Hall–Kier alpha value is -2.89. The Morgan fingerprint density at radius 2 is 1.95 bits per heavy atom. The van der Waals surface area contributed by atoms with Crippen LogP contribution in [0.4, 0.5) is 4.79 Å². The zero-order chi connectivity index (χ0) is 14.8. The first kappa shape index (κ1) is 13.1. The quantitative estimate of drug-likeness (QED) is 0.689. The average Bonchev–Trinajstić information content (AvgIpc) is 2.82. The predicted octanol–water partition coefficient (Wildman–Crippen LogP) is 1.73. The molecule has 1 heterocycles. The number of methoxy groups -OCH3 is 1. The molecule has 0 unspecified atom stereocenters. The van der Waals surface area contributed by atoms with Gasteiger partial charge in [0.25, 0.3) is 0 Å². The molecule has 3 amide bonds. The molecule has 0 bridgehead atoms. The lowest BCUT2D eigenvalue weighted by Crippen LogP contribution is -2.24. The highest BCUT2D eigenvalue weighted by atomic mass is 16.5. The molecule has 1 aliphatic heterocycles. The van der Waals surface area contributed by atoms with E-state index in [1.807, 2.05) is 36.4 Å². The number of rotatable bonds is 3. The molecule has 2 aromatic carbocycles. The van der Waals surface area contributed by atoms with Crippen molar-refractivity contribution < 1.29 is 14.3 Å². The highest BCUT2D eigenvalue weighted by Gasteiger charge is 2.25. The van der Waals surface area contributed by atoms with Crippen LogP contribution in [0, 0.1) is 0 Å². The Morgan fingerprint density at radius 3 is 2.67 bits per heavy atom. The van der Waals surface area contributed by atoms with E-state index in [-0.39, 0.29) is 12.5 Å². The van der Waals surface area contributed by atoms with Crippen LogP contribution in [0.2, 0.25) is 0 Å². The summed E-state index contributed by atoms with van der Waals surface area (Å²) in [5, 5.41) is 9.38. The number of amides is 3. The summed E-state index contributed by atoms with van der Waals surface area (Å²) in [7, 11) is 1.63. The minimum atomic E-state index is -0.498. The molecule has 6 nitrogen and oxygen atoms in total. The third kappa shape index (κ3) is 2.69. The second-order valence-corrected chi connectivity index (χ2v) is 4.63. The first-order valence-electron chi connectivity index (χ1n) is 6.39. The SMILES string of the molecule is COc1ccc2cc(/C=N\N3CC(=O)NC3=O)ccc2c1. The second-order valence-electron chi connectivity index (χ2n) is 4.63. The largest absolute Gasteiger partial charge is 0.497 e. The number of urea groups is 1. The lowest BCUT2D eigenvalue weighted by atomic mass is 10.1. The van der Waals surface area contributed by atoms with Crippen molar-refractivity contribution in [2.45, 2.75) is 0 Å². The zero-order valence-electron chi connectivity index (χ0n) is 11.4. The minimum Gasteiger partial charge on any atom is -0.497 e. The maximum Gasteiger partial charge on any atom is 0.344 e. The summed E-state index contributed by atoms with van der Waals surface area (Å²) in [6, 6.07) is 11.1. The molecule has 2 aromatic rings. The van der Waals surface area contributed by atoms with E-state index >= 15 is 0 Å². The standard InChI is InChI=1S/C15H13N3O3/c1-21-13-5-4-11-6-10(2-3-12(11)7-13)8-16-18-9-14(19)17-15(18)20/h2-8H,9H2,1H3,(H,17,19,20)/b16-8-. The topological polar surface area (TPSA) is 71.0 Å². The van der Waals surface area contributed by atoms with Crippen LogP contribution in [0.5, 0.6) is 5.75 Å². The second kappa shape index (κ2) is 5.24. The molecule has 1 fully saturated rings. The Balaban J connectivity index is 1.84. The number of hydrazone groups is 1. The number of hydrogen-bond acceptors (Lipinski definition) is 4. The summed E-state index contributed by atoms with van der Waals surface area (Å²) in [6.45, 7) is -0.0416. The van der Waals surface area contributed by atoms with Crippen LogP contribution in [0.3, 0.4) is 0 Å². The van der Waals surface area contributed by atoms with Crippen LogP contribution in [-0.2, 0) is 4.79 Å². The number of carbonyl (C=O) groups is 2. The first-order chi connectivity index (χ1) is 10.2. The summed E-state index contributed by atoms with van der Waals surface area (Å²) >= 11 is 0. The molecule has 3 rings (SSSR count). The lowest BCUT2D eigenvalue weighted by Gasteiger charge is -2.05. The fourth-order valence-electron chi connectivity index (χ4n) is 2.11. The van der Waals surface area contributed by atoms with E-state index in [2.05, 4.69) is 10.4 Å². The number of nitrogens with zero attached hydrogens (tertiary/aromatic N) is 2. The molecular weight excluding hydrogens is 270 g/mol. The van der Waals surface area contributed by atoms with Crippen molar-refractivity contribution in [3.05, 3.63) is 42.0 Å². The van der Waals surface area contributed by atoms with Gasteiger partial charge in [0.2, 0.25) is 5.91 Å². The van der Waals surface area contributed by atoms with E-state index in [1.54, 1.807) is 13.3 Å². The maximum absolute atomic E-state index is 11.4. The molecule has 106 valence electrons. The van der Waals surface area contributed by atoms with Crippen molar-refractivity contribution in [2.75, 3.05) is 13.7 Å². The summed E-state index contributed by atoms with van der Waals surface area (Å²) in [5.74, 6) is 0.457. The maximum atomic E-state index is 11.4. The minimum absolute atomic E-state index is 0.0416. The smallest absolute Gasteiger partial charge is 0.344 e. The van der Waals surface area contributed by atoms with Gasteiger partial charge >= 0.3 is 6.03 Å². The van der Waals surface area contributed by atoms with Gasteiger partial charge in [0.15, 0.2) is 0 Å². The van der Waals surface area contributed by atoms with Gasteiger partial charge in [-0.3, -0.25) is 10.1 Å². The summed E-state index contributed by atoms with van der Waals surface area (Å²) < 4.78 is 5.18. The van der Waals surface area contributed by atoms with Crippen molar-refractivity contribution in [3.8, 4) is 5.75 Å². The number of nitrogens with one attached hydrogen (secondary N) is 1. The van der Waals surface area contributed by atoms with Gasteiger partial charge in [0.1, 0.15) is 12.3 Å². The molecule has 0 radical (unpaired) electrons. The third-order valence-electron chi connectivity index (χ3n) is 3.19. The third-order valence-corrected chi connectivity index (χ3v) is 3.19. The van der Waals surface area contributed by atoms with Gasteiger partial charge in [-0.15, -0.1) is 0 Å². The number of benzene rings is 2. The number of hydrogen-bond donors (Lipinski definition) is 1. The highest BCUT2D eigenvalue weighted by molar-refractivity contribution is 6.02. The molecule has 1 aliphatic rings. The van der Waals surface area contributed by atoms with Gasteiger partial charge in [0, 0.05) is 0 Å². The van der Waals surface area contributed by atoms with Gasteiger partial charge in [-0.05, 0) is 34.5 Å². The molecule has 1 saturated heterocycles. The Labute approximate surface area is 121 Å². The average molecular weight is 283 g/mol. The van der Waals surface area contributed by atoms with Crippen molar-refractivity contribution in [1.82, 2.24) is 10.3 Å². The summed E-state index contributed by atoms with van der Waals surface area (Å²) in [5.41, 5.74) is 0.847. The van der Waals surface area contributed by atoms with E-state index in [1.165, 1.54) is 0 Å². The van der Waals surface area contributed by atoms with Crippen molar-refractivity contribution in [2.24, 2.45) is 5.10 Å². The number of carbonyl (C=O) groups excluding carboxylic acids is 2. The number of ether oxygens (including phenoxy) is 1. The van der Waals surface area contributed by atoms with Crippen LogP contribution in [0.15, 0.2) is 41.5 Å². The van der Waals surface area contributed by atoms with E-state index < -0.39 is 6.03 Å². The van der Waals surface area contributed by atoms with Crippen molar-refractivity contribution in [3.63, 3.8) is 0 Å². The van der Waals surface area contributed by atoms with Gasteiger partial charge in [0.05, 0.1) is 13.3 Å².